The summed E-state index contributed by atoms with van der Waals surface area (Å²) in [4.78, 5) is 9.36. The summed E-state index contributed by atoms with van der Waals surface area (Å²) in [6.45, 7) is 15.1. The third-order valence-electron chi connectivity index (χ3n) is 6.54. The second kappa shape index (κ2) is 11.3. The van der Waals surface area contributed by atoms with Crippen LogP contribution in [0.4, 0.5) is 0 Å². The Labute approximate surface area is 189 Å². The van der Waals surface area contributed by atoms with Crippen LogP contribution >= 0.6 is 0 Å². The van der Waals surface area contributed by atoms with Crippen molar-refractivity contribution in [3.05, 3.63) is 35.4 Å². The molecular weight excluding hydrogens is 386 g/mol. The van der Waals surface area contributed by atoms with Crippen molar-refractivity contribution in [2.24, 2.45) is 16.3 Å². The normalized spacial score (nSPS) is 24.2. The van der Waals surface area contributed by atoms with E-state index in [1.165, 1.54) is 17.5 Å². The van der Waals surface area contributed by atoms with E-state index in [1.807, 2.05) is 7.05 Å². The van der Waals surface area contributed by atoms with Crippen molar-refractivity contribution in [2.75, 3.05) is 53.4 Å². The summed E-state index contributed by atoms with van der Waals surface area (Å²) in [6.07, 6.45) is 2.64. The molecular formula is C25H43N5O. The highest BCUT2D eigenvalue weighted by atomic mass is 16.5. The summed E-state index contributed by atoms with van der Waals surface area (Å²) >= 11 is 0. The van der Waals surface area contributed by atoms with Gasteiger partial charge in [-0.15, -0.1) is 0 Å². The topological polar surface area (TPSA) is 52.1 Å². The zero-order valence-electron chi connectivity index (χ0n) is 20.3. The van der Waals surface area contributed by atoms with Gasteiger partial charge in [0.2, 0.25) is 0 Å². The first-order chi connectivity index (χ1) is 14.8. The van der Waals surface area contributed by atoms with Gasteiger partial charge in [-0.3, -0.25) is 9.89 Å². The summed E-state index contributed by atoms with van der Waals surface area (Å²) in [7, 11) is 4.04. The molecule has 2 aliphatic rings. The standard InChI is InChI=1S/C25H43N5O/c1-25(2,3)23-22(7-6-16-31-23)18-28-24(26-4)27-17-20-8-10-21(11-9-20)19-30-14-12-29(5)13-15-30/h8-11,22-23H,6-7,12-19H2,1-5H3,(H2,26,27,28). The van der Waals surface area contributed by atoms with E-state index in [9.17, 15) is 0 Å². The maximum atomic E-state index is 6.11. The minimum Gasteiger partial charge on any atom is -0.377 e. The van der Waals surface area contributed by atoms with Crippen molar-refractivity contribution in [2.45, 2.75) is 52.8 Å². The second-order valence-corrected chi connectivity index (χ2v) is 10.3. The Balaban J connectivity index is 1.44. The van der Waals surface area contributed by atoms with Crippen LogP contribution in [0.25, 0.3) is 0 Å². The van der Waals surface area contributed by atoms with Crippen LogP contribution in [0.3, 0.4) is 0 Å². The number of piperazine rings is 1. The van der Waals surface area contributed by atoms with Gasteiger partial charge >= 0.3 is 0 Å². The van der Waals surface area contributed by atoms with Gasteiger partial charge in [0.1, 0.15) is 0 Å². The molecule has 1 aromatic carbocycles. The number of benzene rings is 1. The summed E-state index contributed by atoms with van der Waals surface area (Å²) in [5, 5.41) is 7.00. The van der Waals surface area contributed by atoms with Crippen LogP contribution in [0, 0.1) is 11.3 Å². The van der Waals surface area contributed by atoms with Gasteiger partial charge in [-0.05, 0) is 36.4 Å². The molecule has 6 nitrogen and oxygen atoms in total. The number of hydrogen-bond donors (Lipinski definition) is 2. The van der Waals surface area contributed by atoms with Gasteiger partial charge in [-0.1, -0.05) is 45.0 Å². The molecule has 0 saturated carbocycles. The van der Waals surface area contributed by atoms with Crippen molar-refractivity contribution in [1.82, 2.24) is 20.4 Å². The number of guanidine groups is 1. The Kier molecular flexibility index (Phi) is 8.76. The lowest BCUT2D eigenvalue weighted by Gasteiger charge is -2.40. The predicted octanol–water partition coefficient (Wildman–Crippen LogP) is 2.94. The van der Waals surface area contributed by atoms with E-state index in [1.54, 1.807) is 0 Å². The van der Waals surface area contributed by atoms with Crippen LogP contribution in [-0.4, -0.2) is 75.3 Å². The van der Waals surface area contributed by atoms with E-state index in [-0.39, 0.29) is 5.41 Å². The van der Waals surface area contributed by atoms with E-state index in [0.29, 0.717) is 12.0 Å². The molecule has 2 saturated heterocycles. The molecule has 2 N–H and O–H groups in total. The van der Waals surface area contributed by atoms with E-state index < -0.39 is 0 Å². The lowest BCUT2D eigenvalue weighted by molar-refractivity contribution is -0.0835. The average Bonchev–Trinajstić information content (AvgIpc) is 2.76. The van der Waals surface area contributed by atoms with Gasteiger partial charge in [0.15, 0.2) is 5.96 Å². The van der Waals surface area contributed by atoms with Gasteiger partial charge < -0.3 is 20.3 Å². The van der Waals surface area contributed by atoms with Crippen molar-refractivity contribution in [3.63, 3.8) is 0 Å². The fraction of sp³-hybridized carbons (Fsp3) is 0.720. The van der Waals surface area contributed by atoms with Crippen molar-refractivity contribution >= 4 is 5.96 Å². The molecule has 0 aliphatic carbocycles. The molecule has 0 aromatic heterocycles. The van der Waals surface area contributed by atoms with Gasteiger partial charge in [0.05, 0.1) is 6.10 Å². The molecule has 2 atom stereocenters. The molecule has 3 rings (SSSR count). The Morgan fingerprint density at radius 1 is 1.06 bits per heavy atom. The third-order valence-corrected chi connectivity index (χ3v) is 6.54. The SMILES string of the molecule is CN=C(NCc1ccc(CN2CCN(C)CC2)cc1)NCC1CCCOC1C(C)(C)C. The maximum Gasteiger partial charge on any atom is 0.191 e. The van der Waals surface area contributed by atoms with E-state index in [0.717, 1.165) is 64.8 Å². The number of hydrogen-bond acceptors (Lipinski definition) is 4. The minimum atomic E-state index is 0.162. The first kappa shape index (κ1) is 24.0. The van der Waals surface area contributed by atoms with E-state index in [4.69, 9.17) is 4.74 Å². The van der Waals surface area contributed by atoms with Gasteiger partial charge in [-0.2, -0.15) is 0 Å². The fourth-order valence-corrected chi connectivity index (χ4v) is 4.67. The highest BCUT2D eigenvalue weighted by Gasteiger charge is 2.35. The molecule has 1 aromatic rings. The van der Waals surface area contributed by atoms with Crippen LogP contribution < -0.4 is 10.6 Å². The molecule has 2 aliphatic heterocycles. The third kappa shape index (κ3) is 7.48. The van der Waals surface area contributed by atoms with Crippen LogP contribution in [0.15, 0.2) is 29.3 Å². The molecule has 0 spiro atoms. The monoisotopic (exact) mass is 429 g/mol. The molecule has 0 radical (unpaired) electrons. The summed E-state index contributed by atoms with van der Waals surface area (Å²) < 4.78 is 6.11. The number of aliphatic imine (C=N–C) groups is 1. The first-order valence-corrected chi connectivity index (χ1v) is 11.9. The fourth-order valence-electron chi connectivity index (χ4n) is 4.67. The zero-order valence-corrected chi connectivity index (χ0v) is 20.3. The largest absolute Gasteiger partial charge is 0.377 e. The van der Waals surface area contributed by atoms with Crippen LogP contribution in [-0.2, 0) is 17.8 Å². The number of nitrogens with one attached hydrogen (secondary N) is 2. The maximum absolute atomic E-state index is 6.11. The van der Waals surface area contributed by atoms with Crippen LogP contribution in [0.5, 0.6) is 0 Å². The summed E-state index contributed by atoms with van der Waals surface area (Å²) in [6, 6.07) is 8.99. The van der Waals surface area contributed by atoms with Crippen molar-refractivity contribution in [1.29, 1.82) is 0 Å². The molecule has 2 fully saturated rings. The zero-order chi connectivity index (χ0) is 22.3. The lowest BCUT2D eigenvalue weighted by Crippen LogP contribution is -2.47. The molecule has 2 heterocycles. The molecule has 6 heteroatoms. The molecule has 0 amide bonds. The number of likely N-dealkylation sites (N-methyl/N-ethyl adjacent to an activating group) is 1. The van der Waals surface area contributed by atoms with Crippen LogP contribution in [0.2, 0.25) is 0 Å². The number of nitrogens with zero attached hydrogens (tertiary/aromatic N) is 3. The van der Waals surface area contributed by atoms with Gasteiger partial charge in [-0.25, -0.2) is 0 Å². The van der Waals surface area contributed by atoms with Gasteiger partial charge in [0.25, 0.3) is 0 Å². The Hall–Kier alpha value is -1.63. The summed E-state index contributed by atoms with van der Waals surface area (Å²) in [5.41, 5.74) is 2.83. The van der Waals surface area contributed by atoms with Crippen LogP contribution in [0.1, 0.15) is 44.7 Å². The van der Waals surface area contributed by atoms with E-state index in [2.05, 4.69) is 77.5 Å². The minimum absolute atomic E-state index is 0.162. The Morgan fingerprint density at radius 2 is 1.74 bits per heavy atom. The average molecular weight is 430 g/mol. The number of rotatable bonds is 6. The summed E-state index contributed by atoms with van der Waals surface area (Å²) in [5.74, 6) is 1.38. The van der Waals surface area contributed by atoms with E-state index >= 15 is 0 Å². The quantitative estimate of drug-likeness (QED) is 0.538. The van der Waals surface area contributed by atoms with Crippen molar-refractivity contribution < 1.29 is 4.74 Å². The lowest BCUT2D eigenvalue weighted by atomic mass is 9.78. The van der Waals surface area contributed by atoms with Crippen molar-refractivity contribution in [3.8, 4) is 0 Å². The second-order valence-electron chi connectivity index (χ2n) is 10.3. The molecule has 31 heavy (non-hydrogen) atoms. The Bertz CT molecular complexity index is 689. The molecule has 2 unspecified atom stereocenters. The predicted molar refractivity (Wildman–Crippen MR) is 129 cm³/mol. The molecule has 174 valence electrons. The van der Waals surface area contributed by atoms with Gasteiger partial charge in [0, 0.05) is 65.4 Å². The first-order valence-electron chi connectivity index (χ1n) is 11.9. The highest BCUT2D eigenvalue weighted by Crippen LogP contribution is 2.33. The highest BCUT2D eigenvalue weighted by molar-refractivity contribution is 5.79. The molecule has 0 bridgehead atoms. The number of ether oxygens (including phenoxy) is 1. The Morgan fingerprint density at radius 3 is 2.39 bits per heavy atom. The smallest absolute Gasteiger partial charge is 0.191 e.